The fraction of sp³-hybridized carbons (Fsp3) is 0.588. The third-order valence-corrected chi connectivity index (χ3v) is 4.65. The summed E-state index contributed by atoms with van der Waals surface area (Å²) in [5.41, 5.74) is 7.98. The number of rotatable bonds is 5. The van der Waals surface area contributed by atoms with Crippen molar-refractivity contribution in [1.29, 1.82) is 0 Å². The molecule has 4 rings (SSSR count). The summed E-state index contributed by atoms with van der Waals surface area (Å²) < 4.78 is 18.2. The van der Waals surface area contributed by atoms with Crippen LogP contribution in [0.5, 0.6) is 11.6 Å². The molecule has 0 aliphatic carbocycles. The molecule has 1 atom stereocenters. The quantitative estimate of drug-likeness (QED) is 0.872. The first-order valence-electron chi connectivity index (χ1n) is 8.77. The van der Waals surface area contributed by atoms with Crippen molar-refractivity contribution >= 4 is 0 Å². The second kappa shape index (κ2) is 7.37. The van der Waals surface area contributed by atoms with Crippen LogP contribution >= 0.6 is 0 Å². The largest absolute Gasteiger partial charge is 0.484 e. The van der Waals surface area contributed by atoms with Gasteiger partial charge in [-0.3, -0.25) is 0 Å². The average Bonchev–Trinajstić information content (AvgIpc) is 3.11. The van der Waals surface area contributed by atoms with Gasteiger partial charge in [0.1, 0.15) is 13.2 Å². The lowest BCUT2D eigenvalue weighted by atomic mass is 9.92. The molecule has 25 heavy (non-hydrogen) atoms. The maximum atomic E-state index is 6.31. The molecule has 4 heterocycles. The van der Waals surface area contributed by atoms with Crippen LogP contribution < -0.4 is 15.2 Å². The van der Waals surface area contributed by atoms with Crippen LogP contribution in [0.4, 0.5) is 0 Å². The Morgan fingerprint density at radius 2 is 2.00 bits per heavy atom. The highest BCUT2D eigenvalue weighted by molar-refractivity contribution is 5.35. The van der Waals surface area contributed by atoms with E-state index in [4.69, 9.17) is 19.9 Å². The van der Waals surface area contributed by atoms with E-state index in [0.717, 1.165) is 43.9 Å². The van der Waals surface area contributed by atoms with E-state index in [1.165, 1.54) is 0 Å². The minimum atomic E-state index is -0.0925. The number of pyridine rings is 1. The topological polar surface area (TPSA) is 97.3 Å². The van der Waals surface area contributed by atoms with Gasteiger partial charge in [0.05, 0.1) is 30.2 Å². The normalized spacial score (nSPS) is 18.9. The Kier molecular flexibility index (Phi) is 4.80. The molecular formula is C17H23N5O3. The molecule has 2 aromatic heterocycles. The van der Waals surface area contributed by atoms with E-state index in [0.29, 0.717) is 37.3 Å². The van der Waals surface area contributed by atoms with Crippen molar-refractivity contribution in [2.75, 3.05) is 26.4 Å². The summed E-state index contributed by atoms with van der Waals surface area (Å²) in [6.07, 6.45) is 4.97. The summed E-state index contributed by atoms with van der Waals surface area (Å²) in [6.45, 7) is 3.27. The first-order chi connectivity index (χ1) is 12.3. The van der Waals surface area contributed by atoms with Crippen molar-refractivity contribution in [3.05, 3.63) is 29.7 Å². The molecule has 1 fully saturated rings. The van der Waals surface area contributed by atoms with Gasteiger partial charge < -0.3 is 19.9 Å². The maximum absolute atomic E-state index is 6.31. The molecule has 2 N–H and O–H groups in total. The van der Waals surface area contributed by atoms with E-state index in [-0.39, 0.29) is 6.04 Å². The standard InChI is InChI=1S/C17H23N5O3/c18-14(9-12-3-5-23-6-4-12)15-11-22(21-20-15)10-13-1-2-16-17(19-13)25-8-7-24-16/h1-2,11-12,14H,3-10,18H2. The van der Waals surface area contributed by atoms with E-state index < -0.39 is 0 Å². The van der Waals surface area contributed by atoms with Crippen molar-refractivity contribution in [3.63, 3.8) is 0 Å². The Bertz CT molecular complexity index is 714. The van der Waals surface area contributed by atoms with E-state index >= 15 is 0 Å². The van der Waals surface area contributed by atoms with Gasteiger partial charge in [-0.2, -0.15) is 0 Å². The molecule has 1 saturated heterocycles. The van der Waals surface area contributed by atoms with Gasteiger partial charge >= 0.3 is 0 Å². The third-order valence-electron chi connectivity index (χ3n) is 4.65. The Morgan fingerprint density at radius 3 is 2.88 bits per heavy atom. The first kappa shape index (κ1) is 16.3. The van der Waals surface area contributed by atoms with Gasteiger partial charge in [-0.05, 0) is 37.3 Å². The van der Waals surface area contributed by atoms with Crippen LogP contribution in [-0.2, 0) is 11.3 Å². The summed E-state index contributed by atoms with van der Waals surface area (Å²) in [4.78, 5) is 4.48. The van der Waals surface area contributed by atoms with E-state index in [1.807, 2.05) is 18.3 Å². The SMILES string of the molecule is NC(CC1CCOCC1)c1cn(Cc2ccc3c(n2)OCCO3)nn1. The molecule has 8 heteroatoms. The molecule has 8 nitrogen and oxygen atoms in total. The summed E-state index contributed by atoms with van der Waals surface area (Å²) in [5.74, 6) is 1.83. The lowest BCUT2D eigenvalue weighted by molar-refractivity contribution is 0.0617. The summed E-state index contributed by atoms with van der Waals surface area (Å²) >= 11 is 0. The smallest absolute Gasteiger partial charge is 0.257 e. The Morgan fingerprint density at radius 1 is 1.16 bits per heavy atom. The van der Waals surface area contributed by atoms with Crippen molar-refractivity contribution in [2.24, 2.45) is 11.7 Å². The monoisotopic (exact) mass is 345 g/mol. The van der Waals surface area contributed by atoms with Crippen molar-refractivity contribution < 1.29 is 14.2 Å². The van der Waals surface area contributed by atoms with E-state index in [2.05, 4.69) is 15.3 Å². The van der Waals surface area contributed by atoms with Crippen LogP contribution in [0, 0.1) is 5.92 Å². The number of ether oxygens (including phenoxy) is 3. The zero-order valence-electron chi connectivity index (χ0n) is 14.1. The Hall–Kier alpha value is -2.19. The lowest BCUT2D eigenvalue weighted by Crippen LogP contribution is -2.21. The first-order valence-corrected chi connectivity index (χ1v) is 8.77. The fourth-order valence-electron chi connectivity index (χ4n) is 3.25. The molecule has 0 saturated carbocycles. The minimum Gasteiger partial charge on any atom is -0.484 e. The fourth-order valence-corrected chi connectivity index (χ4v) is 3.25. The van der Waals surface area contributed by atoms with Gasteiger partial charge in [-0.1, -0.05) is 5.21 Å². The maximum Gasteiger partial charge on any atom is 0.257 e. The van der Waals surface area contributed by atoms with Gasteiger partial charge in [0, 0.05) is 13.2 Å². The van der Waals surface area contributed by atoms with Crippen LogP contribution in [-0.4, -0.2) is 46.4 Å². The van der Waals surface area contributed by atoms with Gasteiger partial charge in [0.15, 0.2) is 5.75 Å². The highest BCUT2D eigenvalue weighted by Gasteiger charge is 2.20. The molecule has 0 amide bonds. The predicted molar refractivity (Wildman–Crippen MR) is 89.4 cm³/mol. The molecule has 0 bridgehead atoms. The van der Waals surface area contributed by atoms with Crippen LogP contribution in [0.15, 0.2) is 18.3 Å². The predicted octanol–water partition coefficient (Wildman–Crippen LogP) is 1.31. The molecule has 0 aromatic carbocycles. The number of hydrogen-bond acceptors (Lipinski definition) is 7. The summed E-state index contributed by atoms with van der Waals surface area (Å²) in [7, 11) is 0. The molecule has 134 valence electrons. The van der Waals surface area contributed by atoms with Gasteiger partial charge in [-0.15, -0.1) is 5.10 Å². The second-order valence-corrected chi connectivity index (χ2v) is 6.54. The highest BCUT2D eigenvalue weighted by Crippen LogP contribution is 2.28. The Balaban J connectivity index is 1.39. The van der Waals surface area contributed by atoms with Gasteiger partial charge in [0.2, 0.25) is 0 Å². The van der Waals surface area contributed by atoms with Crippen molar-refractivity contribution in [2.45, 2.75) is 31.8 Å². The van der Waals surface area contributed by atoms with E-state index in [1.54, 1.807) is 4.68 Å². The van der Waals surface area contributed by atoms with Crippen LogP contribution in [0.1, 0.15) is 36.7 Å². The molecule has 0 radical (unpaired) electrons. The number of hydrogen-bond donors (Lipinski definition) is 1. The summed E-state index contributed by atoms with van der Waals surface area (Å²) in [6, 6.07) is 3.70. The molecule has 0 spiro atoms. The zero-order valence-corrected chi connectivity index (χ0v) is 14.1. The van der Waals surface area contributed by atoms with Crippen molar-refractivity contribution in [1.82, 2.24) is 20.0 Å². The molecular weight excluding hydrogens is 322 g/mol. The summed E-state index contributed by atoms with van der Waals surface area (Å²) in [5, 5.41) is 8.43. The van der Waals surface area contributed by atoms with Crippen LogP contribution in [0.2, 0.25) is 0 Å². The van der Waals surface area contributed by atoms with Crippen molar-refractivity contribution in [3.8, 4) is 11.6 Å². The van der Waals surface area contributed by atoms with Crippen LogP contribution in [0.3, 0.4) is 0 Å². The molecule has 2 aliphatic rings. The number of nitrogens with two attached hydrogens (primary N) is 1. The third kappa shape index (κ3) is 3.91. The number of fused-ring (bicyclic) bond motifs is 1. The molecule has 2 aromatic rings. The minimum absolute atomic E-state index is 0.0925. The Labute approximate surface area is 146 Å². The second-order valence-electron chi connectivity index (χ2n) is 6.54. The van der Waals surface area contributed by atoms with Gasteiger partial charge in [0.25, 0.3) is 5.88 Å². The zero-order chi connectivity index (χ0) is 17.1. The highest BCUT2D eigenvalue weighted by atomic mass is 16.6. The average molecular weight is 345 g/mol. The number of aromatic nitrogens is 4. The lowest BCUT2D eigenvalue weighted by Gasteiger charge is -2.23. The van der Waals surface area contributed by atoms with Gasteiger partial charge in [-0.25, -0.2) is 9.67 Å². The van der Waals surface area contributed by atoms with E-state index in [9.17, 15) is 0 Å². The van der Waals surface area contributed by atoms with Crippen LogP contribution in [0.25, 0.3) is 0 Å². The molecule has 2 aliphatic heterocycles. The number of nitrogens with zero attached hydrogens (tertiary/aromatic N) is 4. The molecule has 1 unspecified atom stereocenters.